The molecule has 330 valence electrons. The molecular weight excluding hydrogens is 831 g/mol. The highest BCUT2D eigenvalue weighted by atomic mass is 15.1. The topological polar surface area (TPSA) is 3.24 Å². The van der Waals surface area contributed by atoms with Crippen LogP contribution in [0.3, 0.4) is 0 Å². The van der Waals surface area contributed by atoms with Crippen molar-refractivity contribution in [2.75, 3.05) is 4.90 Å². The molecule has 1 heteroatoms. The van der Waals surface area contributed by atoms with Gasteiger partial charge in [-0.1, -0.05) is 221 Å². The van der Waals surface area contributed by atoms with E-state index in [-0.39, 0.29) is 5.41 Å². The van der Waals surface area contributed by atoms with Crippen LogP contribution < -0.4 is 4.90 Å². The van der Waals surface area contributed by atoms with Gasteiger partial charge < -0.3 is 4.90 Å². The minimum Gasteiger partial charge on any atom is -0.311 e. The average Bonchev–Trinajstić information content (AvgIpc) is 3.64. The van der Waals surface area contributed by atoms with Crippen molar-refractivity contribution in [1.82, 2.24) is 0 Å². The van der Waals surface area contributed by atoms with Crippen LogP contribution >= 0.6 is 0 Å². The molecule has 0 N–H and O–H groups in total. The Morgan fingerprint density at radius 1 is 0.377 bits per heavy atom. The second kappa shape index (κ2) is 17.4. The molecule has 0 radical (unpaired) electrons. The minimum absolute atomic E-state index is 0.0483. The predicted molar refractivity (Wildman–Crippen MR) is 293 cm³/mol. The highest BCUT2D eigenvalue weighted by molar-refractivity contribution is 5.86. The van der Waals surface area contributed by atoms with E-state index in [1.807, 2.05) is 0 Å². The third-order valence-corrected chi connectivity index (χ3v) is 14.8. The third-order valence-electron chi connectivity index (χ3n) is 14.8. The summed E-state index contributed by atoms with van der Waals surface area (Å²) in [7, 11) is 0. The molecule has 9 aromatic rings. The summed E-state index contributed by atoms with van der Waals surface area (Å²) in [5.41, 5.74) is 24.8. The smallest absolute Gasteiger partial charge is 0.0462 e. The van der Waals surface area contributed by atoms with Crippen LogP contribution in [0.5, 0.6) is 0 Å². The second-order valence-electron chi connectivity index (χ2n) is 19.4. The maximum atomic E-state index is 2.43. The van der Waals surface area contributed by atoms with E-state index in [2.05, 4.69) is 281 Å². The van der Waals surface area contributed by atoms with Gasteiger partial charge in [0.25, 0.3) is 0 Å². The molecule has 2 unspecified atom stereocenters. The van der Waals surface area contributed by atoms with Crippen molar-refractivity contribution in [1.29, 1.82) is 0 Å². The summed E-state index contributed by atoms with van der Waals surface area (Å²) in [6.07, 6.45) is 13.7. The van der Waals surface area contributed by atoms with Gasteiger partial charge in [0.1, 0.15) is 0 Å². The minimum atomic E-state index is -0.0483. The van der Waals surface area contributed by atoms with Crippen molar-refractivity contribution in [3.63, 3.8) is 0 Å². The number of rotatable bonds is 9. The first-order valence-corrected chi connectivity index (χ1v) is 24.3. The molecule has 1 nitrogen and oxygen atoms in total. The Morgan fingerprint density at radius 3 is 1.41 bits per heavy atom. The Bertz CT molecular complexity index is 3490. The Labute approximate surface area is 407 Å². The first-order chi connectivity index (χ1) is 33.8. The molecule has 0 amide bonds. The molecule has 0 aromatic heterocycles. The molecule has 0 fully saturated rings. The van der Waals surface area contributed by atoms with Crippen molar-refractivity contribution >= 4 is 22.6 Å². The summed E-state index contributed by atoms with van der Waals surface area (Å²) in [5.74, 6) is 0.929. The van der Waals surface area contributed by atoms with Gasteiger partial charge in [-0.05, 0) is 155 Å². The highest BCUT2D eigenvalue weighted by Gasteiger charge is 2.35. The van der Waals surface area contributed by atoms with Gasteiger partial charge in [-0.25, -0.2) is 0 Å². The van der Waals surface area contributed by atoms with E-state index in [1.54, 1.807) is 0 Å². The predicted octanol–water partition coefficient (Wildman–Crippen LogP) is 18.5. The Balaban J connectivity index is 0.842. The molecular formula is C68H53N. The third kappa shape index (κ3) is 7.90. The van der Waals surface area contributed by atoms with Crippen LogP contribution in [0.2, 0.25) is 0 Å². The quantitative estimate of drug-likeness (QED) is 0.140. The van der Waals surface area contributed by atoms with Gasteiger partial charge in [0.05, 0.1) is 0 Å². The molecule has 2 atom stereocenters. The van der Waals surface area contributed by atoms with Gasteiger partial charge in [0.2, 0.25) is 0 Å². The molecule has 12 rings (SSSR count). The fourth-order valence-corrected chi connectivity index (χ4v) is 11.0. The summed E-state index contributed by atoms with van der Waals surface area (Å²) in [4.78, 5) is 2.37. The molecule has 3 aliphatic rings. The standard InChI is InChI=1S/C68H53N/c1-46-41-59(44-58-15-7-8-20-63(46)58)56-19-12-18-55(43-56)50-25-23-48(24-26-50)49-27-34-60(35-28-49)69(61-36-29-51(30-37-61)54-17-11-16-53(42-54)47-13-5-4-6-14-47)62-38-31-52(32-39-62)57-33-40-65-64-21-9-10-22-66(64)68(2,3)67(65)45-57/h4-46,63H,1-3H3. The monoisotopic (exact) mass is 883 g/mol. The van der Waals surface area contributed by atoms with Crippen molar-refractivity contribution in [3.8, 4) is 66.8 Å². The molecule has 0 saturated carbocycles. The first-order valence-electron chi connectivity index (χ1n) is 24.3. The fourth-order valence-electron chi connectivity index (χ4n) is 11.0. The van der Waals surface area contributed by atoms with Crippen molar-refractivity contribution in [2.24, 2.45) is 11.8 Å². The summed E-state index contributed by atoms with van der Waals surface area (Å²) in [6.45, 7) is 7.02. The molecule has 0 bridgehead atoms. The van der Waals surface area contributed by atoms with Crippen LogP contribution in [0.25, 0.3) is 72.3 Å². The summed E-state index contributed by atoms with van der Waals surface area (Å²) in [5, 5.41) is 0. The maximum absolute atomic E-state index is 2.43. The number of fused-ring (bicyclic) bond motifs is 4. The summed E-state index contributed by atoms with van der Waals surface area (Å²) >= 11 is 0. The summed E-state index contributed by atoms with van der Waals surface area (Å²) < 4.78 is 0. The lowest BCUT2D eigenvalue weighted by atomic mass is 9.77. The lowest BCUT2D eigenvalue weighted by Gasteiger charge is -2.27. The zero-order chi connectivity index (χ0) is 46.5. The van der Waals surface area contributed by atoms with Gasteiger partial charge in [0.15, 0.2) is 0 Å². The Hall–Kier alpha value is -8.26. The van der Waals surface area contributed by atoms with E-state index in [0.29, 0.717) is 11.8 Å². The molecule has 0 aliphatic heterocycles. The van der Waals surface area contributed by atoms with Gasteiger partial charge >= 0.3 is 0 Å². The highest BCUT2D eigenvalue weighted by Crippen LogP contribution is 2.50. The lowest BCUT2D eigenvalue weighted by Crippen LogP contribution is -2.14. The first kappa shape index (κ1) is 42.1. The van der Waals surface area contributed by atoms with Gasteiger partial charge in [-0.3, -0.25) is 0 Å². The van der Waals surface area contributed by atoms with E-state index < -0.39 is 0 Å². The number of hydrogen-bond donors (Lipinski definition) is 0. The largest absolute Gasteiger partial charge is 0.311 e. The van der Waals surface area contributed by atoms with Crippen LogP contribution in [0.15, 0.2) is 260 Å². The van der Waals surface area contributed by atoms with Crippen molar-refractivity contribution < 1.29 is 0 Å². The molecule has 0 saturated heterocycles. The van der Waals surface area contributed by atoms with Crippen molar-refractivity contribution in [3.05, 3.63) is 277 Å². The van der Waals surface area contributed by atoms with Crippen LogP contribution in [0, 0.1) is 11.8 Å². The van der Waals surface area contributed by atoms with E-state index in [9.17, 15) is 0 Å². The number of benzene rings is 9. The summed E-state index contributed by atoms with van der Waals surface area (Å²) in [6, 6.07) is 80.5. The van der Waals surface area contributed by atoms with Gasteiger partial charge in [-0.2, -0.15) is 0 Å². The van der Waals surface area contributed by atoms with E-state index in [0.717, 1.165) is 17.1 Å². The van der Waals surface area contributed by atoms with Crippen LogP contribution in [0.1, 0.15) is 37.5 Å². The molecule has 3 aliphatic carbocycles. The van der Waals surface area contributed by atoms with Crippen LogP contribution in [0.4, 0.5) is 17.1 Å². The maximum Gasteiger partial charge on any atom is 0.0462 e. The lowest BCUT2D eigenvalue weighted by molar-refractivity contribution is 0.585. The van der Waals surface area contributed by atoms with Gasteiger partial charge in [-0.15, -0.1) is 0 Å². The average molecular weight is 884 g/mol. The second-order valence-corrected chi connectivity index (χ2v) is 19.4. The van der Waals surface area contributed by atoms with E-state index in [4.69, 9.17) is 0 Å². The van der Waals surface area contributed by atoms with E-state index in [1.165, 1.54) is 94.6 Å². The molecule has 9 aromatic carbocycles. The van der Waals surface area contributed by atoms with E-state index >= 15 is 0 Å². The molecule has 0 heterocycles. The number of anilines is 3. The molecule has 0 spiro atoms. The Kier molecular flexibility index (Phi) is 10.6. The fraction of sp³-hybridized carbons (Fsp3) is 0.0882. The number of allylic oxidation sites excluding steroid dienone is 8. The number of hydrogen-bond acceptors (Lipinski definition) is 1. The zero-order valence-corrected chi connectivity index (χ0v) is 39.4. The van der Waals surface area contributed by atoms with Gasteiger partial charge in [0, 0.05) is 28.4 Å². The molecule has 69 heavy (non-hydrogen) atoms. The van der Waals surface area contributed by atoms with Crippen LogP contribution in [-0.4, -0.2) is 0 Å². The number of nitrogens with zero attached hydrogens (tertiary/aromatic N) is 1. The normalized spacial score (nSPS) is 16.2. The van der Waals surface area contributed by atoms with Crippen molar-refractivity contribution in [2.45, 2.75) is 26.2 Å². The SMILES string of the molecule is CC1C=C(c2cccc(-c3ccc(-c4ccc(N(c5ccc(-c6cccc(-c7ccccc7)c6)cc5)c5ccc(-c6ccc7c(c6)C(C)(C)c6ccccc6-7)cc5)cc4)cc3)c2)C=C2C=CC=CC21. The zero-order valence-electron chi connectivity index (χ0n) is 39.4. The Morgan fingerprint density at radius 2 is 0.812 bits per heavy atom. The van der Waals surface area contributed by atoms with Crippen LogP contribution in [-0.2, 0) is 5.41 Å².